The van der Waals surface area contributed by atoms with Crippen molar-refractivity contribution >= 4 is 0 Å². The van der Waals surface area contributed by atoms with Gasteiger partial charge in [-0.3, -0.25) is 4.90 Å². The van der Waals surface area contributed by atoms with Crippen LogP contribution in [0.5, 0.6) is 0 Å². The maximum absolute atomic E-state index is 2.81. The molecule has 0 bridgehead atoms. The third-order valence-corrected chi connectivity index (χ3v) is 7.10. The third kappa shape index (κ3) is 2.22. The van der Waals surface area contributed by atoms with E-state index >= 15 is 0 Å². The van der Waals surface area contributed by atoms with Crippen molar-refractivity contribution in [2.24, 2.45) is 29.1 Å². The van der Waals surface area contributed by atoms with E-state index in [-0.39, 0.29) is 0 Å². The van der Waals surface area contributed by atoms with Gasteiger partial charge in [-0.1, -0.05) is 45.8 Å². The summed E-state index contributed by atoms with van der Waals surface area (Å²) in [6, 6.07) is 1.60. The minimum absolute atomic E-state index is 0.557. The van der Waals surface area contributed by atoms with Crippen molar-refractivity contribution in [2.45, 2.75) is 86.2 Å². The highest BCUT2D eigenvalue weighted by molar-refractivity contribution is 5.36. The Kier molecular flexibility index (Phi) is 4.25. The van der Waals surface area contributed by atoms with Crippen molar-refractivity contribution in [3.05, 3.63) is 11.1 Å². The highest BCUT2D eigenvalue weighted by atomic mass is 15.2. The Morgan fingerprint density at radius 2 is 1.68 bits per heavy atom. The van der Waals surface area contributed by atoms with Crippen molar-refractivity contribution < 1.29 is 0 Å². The quantitative estimate of drug-likeness (QED) is 0.621. The third-order valence-electron chi connectivity index (χ3n) is 7.10. The van der Waals surface area contributed by atoms with E-state index in [2.05, 4.69) is 53.4 Å². The Morgan fingerprint density at radius 3 is 2.14 bits per heavy atom. The second kappa shape index (κ2) is 5.65. The number of hydrogen-bond donors (Lipinski definition) is 0. The largest absolute Gasteiger partial charge is 0.298 e. The molecule has 0 amide bonds. The molecule has 1 aliphatic heterocycles. The van der Waals surface area contributed by atoms with Gasteiger partial charge in [0, 0.05) is 12.1 Å². The van der Waals surface area contributed by atoms with Gasteiger partial charge in [-0.05, 0) is 75.2 Å². The number of rotatable bonds is 3. The van der Waals surface area contributed by atoms with Gasteiger partial charge in [0.05, 0.1) is 0 Å². The van der Waals surface area contributed by atoms with Gasteiger partial charge in [-0.25, -0.2) is 0 Å². The lowest BCUT2D eigenvalue weighted by atomic mass is 9.53. The summed E-state index contributed by atoms with van der Waals surface area (Å²) in [7, 11) is 0. The van der Waals surface area contributed by atoms with E-state index in [9.17, 15) is 0 Å². The Morgan fingerprint density at radius 1 is 1.00 bits per heavy atom. The van der Waals surface area contributed by atoms with Crippen LogP contribution in [0.25, 0.3) is 0 Å². The van der Waals surface area contributed by atoms with Crippen LogP contribution in [-0.2, 0) is 0 Å². The smallest absolute Gasteiger partial charge is 0.0135 e. The number of likely N-dealkylation sites (tertiary alicyclic amines) is 1. The minimum Gasteiger partial charge on any atom is -0.298 e. The van der Waals surface area contributed by atoms with Crippen LogP contribution in [0.2, 0.25) is 0 Å². The normalized spacial score (nSPS) is 39.3. The summed E-state index contributed by atoms with van der Waals surface area (Å²) in [6.45, 7) is 18.4. The van der Waals surface area contributed by atoms with Gasteiger partial charge < -0.3 is 0 Å². The first-order chi connectivity index (χ1) is 10.3. The summed E-state index contributed by atoms with van der Waals surface area (Å²) in [5, 5.41) is 0. The summed E-state index contributed by atoms with van der Waals surface area (Å²) in [6.07, 6.45) is 5.78. The molecule has 3 aliphatic rings. The van der Waals surface area contributed by atoms with Crippen molar-refractivity contribution in [2.75, 3.05) is 6.54 Å². The van der Waals surface area contributed by atoms with Crippen LogP contribution in [-0.4, -0.2) is 23.5 Å². The molecule has 1 heterocycles. The molecular weight excluding hydrogens is 266 g/mol. The van der Waals surface area contributed by atoms with Crippen molar-refractivity contribution in [1.29, 1.82) is 0 Å². The molecule has 4 atom stereocenters. The number of nitrogens with zero attached hydrogens (tertiary/aromatic N) is 1. The van der Waals surface area contributed by atoms with Gasteiger partial charge in [-0.15, -0.1) is 0 Å². The zero-order valence-corrected chi connectivity index (χ0v) is 15.9. The first kappa shape index (κ1) is 16.6. The van der Waals surface area contributed by atoms with Crippen molar-refractivity contribution in [3.8, 4) is 0 Å². The van der Waals surface area contributed by atoms with Crippen LogP contribution in [0.1, 0.15) is 74.1 Å². The minimum atomic E-state index is 0.557. The second-order valence-corrected chi connectivity index (χ2v) is 9.27. The average molecular weight is 304 g/mol. The van der Waals surface area contributed by atoms with E-state index in [1.807, 2.05) is 11.1 Å². The number of allylic oxidation sites excluding steroid dienone is 2. The summed E-state index contributed by atoms with van der Waals surface area (Å²) < 4.78 is 0. The SMILES string of the molecule is CC(C)C1=C(C(C)C)C2(CCN(C(C)C)C3CCC32)CC1C. The molecule has 2 fully saturated rings. The molecule has 1 saturated carbocycles. The van der Waals surface area contributed by atoms with Gasteiger partial charge in [0.25, 0.3) is 0 Å². The molecule has 126 valence electrons. The van der Waals surface area contributed by atoms with Gasteiger partial charge in [0.15, 0.2) is 0 Å². The molecule has 1 saturated heterocycles. The molecule has 1 heteroatoms. The average Bonchev–Trinajstić information content (AvgIpc) is 2.64. The Balaban J connectivity index is 2.00. The molecule has 0 radical (unpaired) electrons. The van der Waals surface area contributed by atoms with Crippen molar-refractivity contribution in [1.82, 2.24) is 4.90 Å². The van der Waals surface area contributed by atoms with Crippen LogP contribution < -0.4 is 0 Å². The van der Waals surface area contributed by atoms with E-state index in [0.717, 1.165) is 35.8 Å². The van der Waals surface area contributed by atoms with Crippen LogP contribution in [0, 0.1) is 29.1 Å². The zero-order chi connectivity index (χ0) is 16.2. The highest BCUT2D eigenvalue weighted by Gasteiger charge is 2.58. The monoisotopic (exact) mass is 303 g/mol. The lowest BCUT2D eigenvalue weighted by Gasteiger charge is -2.60. The summed E-state index contributed by atoms with van der Waals surface area (Å²) in [4.78, 5) is 2.81. The van der Waals surface area contributed by atoms with Crippen molar-refractivity contribution in [3.63, 3.8) is 0 Å². The molecule has 1 nitrogen and oxygen atoms in total. The second-order valence-electron chi connectivity index (χ2n) is 9.27. The van der Waals surface area contributed by atoms with Crippen LogP contribution in [0.3, 0.4) is 0 Å². The fourth-order valence-electron chi connectivity index (χ4n) is 6.54. The fourth-order valence-corrected chi connectivity index (χ4v) is 6.54. The number of piperidine rings is 1. The molecular formula is C21H37N. The lowest BCUT2D eigenvalue weighted by molar-refractivity contribution is -0.0790. The van der Waals surface area contributed by atoms with E-state index in [0.29, 0.717) is 5.41 Å². The van der Waals surface area contributed by atoms with E-state index < -0.39 is 0 Å². The first-order valence-electron chi connectivity index (χ1n) is 9.79. The summed E-state index contributed by atoms with van der Waals surface area (Å²) in [5.74, 6) is 3.21. The maximum atomic E-state index is 2.81. The Hall–Kier alpha value is -0.300. The predicted molar refractivity (Wildman–Crippen MR) is 95.9 cm³/mol. The van der Waals surface area contributed by atoms with Gasteiger partial charge in [0.2, 0.25) is 0 Å². The number of hydrogen-bond acceptors (Lipinski definition) is 1. The molecule has 0 N–H and O–H groups in total. The predicted octanol–water partition coefficient (Wildman–Crippen LogP) is 5.51. The molecule has 0 aromatic heterocycles. The Labute approximate surface area is 138 Å². The van der Waals surface area contributed by atoms with Gasteiger partial charge >= 0.3 is 0 Å². The van der Waals surface area contributed by atoms with Crippen LogP contribution in [0.15, 0.2) is 11.1 Å². The van der Waals surface area contributed by atoms with E-state index in [1.54, 1.807) is 0 Å². The highest BCUT2D eigenvalue weighted by Crippen LogP contribution is 2.64. The van der Waals surface area contributed by atoms with E-state index in [4.69, 9.17) is 0 Å². The first-order valence-corrected chi connectivity index (χ1v) is 9.79. The lowest BCUT2D eigenvalue weighted by Crippen LogP contribution is -2.61. The van der Waals surface area contributed by atoms with Gasteiger partial charge in [-0.2, -0.15) is 0 Å². The molecule has 2 aliphatic carbocycles. The molecule has 3 rings (SSSR count). The fraction of sp³-hybridized carbons (Fsp3) is 0.905. The van der Waals surface area contributed by atoms with E-state index in [1.165, 1.54) is 32.2 Å². The topological polar surface area (TPSA) is 3.24 Å². The molecule has 1 spiro atoms. The van der Waals surface area contributed by atoms with Crippen LogP contribution >= 0.6 is 0 Å². The molecule has 0 aromatic rings. The zero-order valence-electron chi connectivity index (χ0n) is 15.9. The standard InChI is InChI=1S/C21H37N/c1-13(2)19-16(7)12-21(20(19)14(3)4)10-11-22(15(5)6)18-9-8-17(18)21/h13-18H,8-12H2,1-7H3. The van der Waals surface area contributed by atoms with Gasteiger partial charge in [0.1, 0.15) is 0 Å². The summed E-state index contributed by atoms with van der Waals surface area (Å²) in [5.41, 5.74) is 4.29. The number of fused-ring (bicyclic) bond motifs is 2. The maximum Gasteiger partial charge on any atom is 0.0135 e. The Bertz CT molecular complexity index is 459. The molecule has 22 heavy (non-hydrogen) atoms. The molecule has 4 unspecified atom stereocenters. The molecule has 0 aromatic carbocycles. The van der Waals surface area contributed by atoms with Crippen LogP contribution in [0.4, 0.5) is 0 Å². The summed E-state index contributed by atoms with van der Waals surface area (Å²) >= 11 is 0.